The Kier molecular flexibility index (Phi) is 6.17. The standard InChI is InChI=1S/C27H21Cl2N3O5S/c1-27(2)16(12-21(28)29)22(27)25(34)36-15-9-7-14(8-10-15)11-20-24(33)32-26(38-20)30-23(31-32)19-13-35-17-5-3-4-6-18(17)37-19/h3-12,16,19,22H,13H2,1-2H3/b20-11+/t16-,19+,22-/m1/s1. The highest BCUT2D eigenvalue weighted by molar-refractivity contribution is 7.15. The third-order valence-corrected chi connectivity index (χ3v) is 8.07. The highest BCUT2D eigenvalue weighted by Crippen LogP contribution is 2.60. The van der Waals surface area contributed by atoms with Gasteiger partial charge in [-0.1, -0.05) is 72.7 Å². The molecule has 38 heavy (non-hydrogen) atoms. The van der Waals surface area contributed by atoms with Crippen molar-refractivity contribution in [1.29, 1.82) is 0 Å². The summed E-state index contributed by atoms with van der Waals surface area (Å²) in [6.45, 7) is 4.20. The van der Waals surface area contributed by atoms with E-state index in [0.717, 1.165) is 5.56 Å². The van der Waals surface area contributed by atoms with Gasteiger partial charge in [-0.15, -0.1) is 5.10 Å². The molecule has 0 amide bonds. The number of hydrogen-bond donors (Lipinski definition) is 0. The third-order valence-electron chi connectivity index (χ3n) is 6.86. The van der Waals surface area contributed by atoms with Crippen molar-refractivity contribution in [2.45, 2.75) is 20.0 Å². The number of benzene rings is 2. The van der Waals surface area contributed by atoms with E-state index in [0.29, 0.717) is 32.6 Å². The number of allylic oxidation sites excluding steroid dienone is 1. The Morgan fingerprint density at radius 3 is 2.61 bits per heavy atom. The Hall–Kier alpha value is -3.40. The van der Waals surface area contributed by atoms with E-state index in [9.17, 15) is 9.59 Å². The average molecular weight is 570 g/mol. The number of esters is 1. The summed E-state index contributed by atoms with van der Waals surface area (Å²) in [5, 5.41) is 4.38. The minimum absolute atomic E-state index is 0.0667. The van der Waals surface area contributed by atoms with Crippen molar-refractivity contribution in [3.63, 3.8) is 0 Å². The molecule has 1 fully saturated rings. The second kappa shape index (κ2) is 9.41. The highest BCUT2D eigenvalue weighted by Gasteiger charge is 2.61. The fourth-order valence-electron chi connectivity index (χ4n) is 4.67. The van der Waals surface area contributed by atoms with Crippen molar-refractivity contribution in [2.24, 2.45) is 17.3 Å². The molecule has 0 bridgehead atoms. The van der Waals surface area contributed by atoms with Gasteiger partial charge in [0.2, 0.25) is 4.96 Å². The molecular weight excluding hydrogens is 549 g/mol. The second-order valence-electron chi connectivity index (χ2n) is 9.72. The number of thiazole rings is 1. The lowest BCUT2D eigenvalue weighted by atomic mass is 10.1. The first-order valence-electron chi connectivity index (χ1n) is 11.8. The molecule has 3 atom stereocenters. The minimum Gasteiger partial charge on any atom is -0.485 e. The number of carbonyl (C=O) groups is 1. The monoisotopic (exact) mass is 569 g/mol. The van der Waals surface area contributed by atoms with Crippen LogP contribution in [0.1, 0.15) is 31.3 Å². The van der Waals surface area contributed by atoms with Crippen molar-refractivity contribution in [1.82, 2.24) is 14.6 Å². The van der Waals surface area contributed by atoms with E-state index in [2.05, 4.69) is 10.1 Å². The molecule has 2 aliphatic rings. The van der Waals surface area contributed by atoms with Gasteiger partial charge in [0.25, 0.3) is 5.56 Å². The first-order chi connectivity index (χ1) is 18.2. The molecule has 8 nitrogen and oxygen atoms in total. The van der Waals surface area contributed by atoms with E-state index in [1.165, 1.54) is 15.9 Å². The van der Waals surface area contributed by atoms with Crippen LogP contribution in [-0.4, -0.2) is 27.2 Å². The van der Waals surface area contributed by atoms with E-state index < -0.39 is 6.10 Å². The summed E-state index contributed by atoms with van der Waals surface area (Å²) in [7, 11) is 0. The summed E-state index contributed by atoms with van der Waals surface area (Å²) in [6.07, 6.45) is 2.93. The minimum atomic E-state index is -0.501. The summed E-state index contributed by atoms with van der Waals surface area (Å²) in [6, 6.07) is 14.3. The summed E-state index contributed by atoms with van der Waals surface area (Å²) in [5.41, 5.74) is 0.230. The topological polar surface area (TPSA) is 92.0 Å². The van der Waals surface area contributed by atoms with Crippen molar-refractivity contribution < 1.29 is 19.0 Å². The van der Waals surface area contributed by atoms with Crippen LogP contribution in [0.4, 0.5) is 0 Å². The molecule has 0 radical (unpaired) electrons. The van der Waals surface area contributed by atoms with E-state index in [4.69, 9.17) is 37.4 Å². The Morgan fingerprint density at radius 1 is 1.16 bits per heavy atom. The van der Waals surface area contributed by atoms with Gasteiger partial charge in [0.05, 0.1) is 10.5 Å². The summed E-state index contributed by atoms with van der Waals surface area (Å²) in [5.74, 6) is 1.38. The van der Waals surface area contributed by atoms with E-state index >= 15 is 0 Å². The van der Waals surface area contributed by atoms with Gasteiger partial charge in [-0.3, -0.25) is 9.59 Å². The number of halogens is 2. The Morgan fingerprint density at radius 2 is 1.89 bits per heavy atom. The van der Waals surface area contributed by atoms with Gasteiger partial charge >= 0.3 is 5.97 Å². The maximum Gasteiger partial charge on any atom is 0.315 e. The Balaban J connectivity index is 1.17. The molecule has 0 saturated heterocycles. The van der Waals surface area contributed by atoms with Crippen LogP contribution < -0.4 is 24.3 Å². The van der Waals surface area contributed by atoms with Gasteiger partial charge in [0.1, 0.15) is 16.8 Å². The van der Waals surface area contributed by atoms with Gasteiger partial charge in [-0.05, 0) is 53.3 Å². The number of nitrogens with zero attached hydrogens (tertiary/aromatic N) is 3. The van der Waals surface area contributed by atoms with Crippen LogP contribution in [0.15, 0.2) is 63.9 Å². The van der Waals surface area contributed by atoms with Gasteiger partial charge in [-0.2, -0.15) is 9.50 Å². The molecule has 1 aliphatic carbocycles. The van der Waals surface area contributed by atoms with Gasteiger partial charge in [0, 0.05) is 0 Å². The van der Waals surface area contributed by atoms with Crippen LogP contribution in [-0.2, 0) is 4.79 Å². The summed E-state index contributed by atoms with van der Waals surface area (Å²) in [4.78, 5) is 30.6. The number of hydrogen-bond acceptors (Lipinski definition) is 8. The Labute approximate surface area is 231 Å². The summed E-state index contributed by atoms with van der Waals surface area (Å²) < 4.78 is 19.2. The van der Waals surface area contributed by atoms with Crippen LogP contribution in [0, 0.1) is 17.3 Å². The van der Waals surface area contributed by atoms with Crippen molar-refractivity contribution in [2.75, 3.05) is 6.61 Å². The molecule has 0 unspecified atom stereocenters. The predicted octanol–water partition coefficient (Wildman–Crippen LogP) is 4.71. The predicted molar refractivity (Wildman–Crippen MR) is 144 cm³/mol. The fourth-order valence-corrected chi connectivity index (χ4v) is 5.86. The molecule has 4 aromatic rings. The van der Waals surface area contributed by atoms with Crippen molar-refractivity contribution in [3.8, 4) is 17.2 Å². The number of carbonyl (C=O) groups excluding carboxylic acids is 1. The number of fused-ring (bicyclic) bond motifs is 2. The van der Waals surface area contributed by atoms with Gasteiger partial charge < -0.3 is 14.2 Å². The third kappa shape index (κ3) is 4.55. The van der Waals surface area contributed by atoms with Crippen LogP contribution in [0.5, 0.6) is 17.2 Å². The molecule has 2 aromatic heterocycles. The molecule has 2 aromatic carbocycles. The Bertz CT molecular complexity index is 1690. The molecule has 6 rings (SSSR count). The van der Waals surface area contributed by atoms with Gasteiger partial charge in [0.15, 0.2) is 23.4 Å². The molecule has 1 saturated carbocycles. The lowest BCUT2D eigenvalue weighted by molar-refractivity contribution is -0.136. The van der Waals surface area contributed by atoms with Crippen LogP contribution in [0.2, 0.25) is 0 Å². The van der Waals surface area contributed by atoms with Crippen molar-refractivity contribution >= 4 is 51.5 Å². The number of para-hydroxylation sites is 2. The van der Waals surface area contributed by atoms with Crippen LogP contribution in [0.25, 0.3) is 11.0 Å². The zero-order valence-electron chi connectivity index (χ0n) is 20.3. The first-order valence-corrected chi connectivity index (χ1v) is 13.4. The summed E-state index contributed by atoms with van der Waals surface area (Å²) >= 11 is 12.8. The van der Waals surface area contributed by atoms with Crippen molar-refractivity contribution in [3.05, 3.63) is 85.4 Å². The maximum absolute atomic E-state index is 13.0. The largest absolute Gasteiger partial charge is 0.485 e. The zero-order valence-corrected chi connectivity index (χ0v) is 22.6. The van der Waals surface area contributed by atoms with Crippen LogP contribution >= 0.6 is 34.5 Å². The molecule has 194 valence electrons. The molecule has 1 aliphatic heterocycles. The fraction of sp³-hybridized carbons (Fsp3) is 0.259. The molecule has 0 spiro atoms. The highest BCUT2D eigenvalue weighted by atomic mass is 35.5. The molecule has 11 heteroatoms. The number of ether oxygens (including phenoxy) is 3. The smallest absolute Gasteiger partial charge is 0.315 e. The van der Waals surface area contributed by atoms with Gasteiger partial charge in [-0.25, -0.2) is 0 Å². The lowest BCUT2D eigenvalue weighted by Gasteiger charge is -2.24. The van der Waals surface area contributed by atoms with Crippen LogP contribution in [0.3, 0.4) is 0 Å². The molecular formula is C27H21Cl2N3O5S. The van der Waals surface area contributed by atoms with E-state index in [-0.39, 0.29) is 39.9 Å². The zero-order chi connectivity index (χ0) is 26.6. The quantitative estimate of drug-likeness (QED) is 0.254. The normalized spacial score (nSPS) is 21.8. The van der Waals surface area contributed by atoms with E-state index in [1.807, 2.05) is 38.1 Å². The number of rotatable bonds is 5. The average Bonchev–Trinajstić information content (AvgIpc) is 3.15. The first kappa shape index (κ1) is 24.9. The van der Waals surface area contributed by atoms with E-state index in [1.54, 1.807) is 36.4 Å². The molecule has 3 heterocycles. The second-order valence-corrected chi connectivity index (χ2v) is 11.7. The SMILES string of the molecule is CC1(C)[C@H](C=C(Cl)Cl)[C@@H]1C(=O)Oc1ccc(/C=c2/sc3nc([C@@H]4COc5ccccc5O4)nn3c2=O)cc1. The lowest BCUT2D eigenvalue weighted by Crippen LogP contribution is -2.26. The number of aromatic nitrogens is 3. The maximum atomic E-state index is 13.0. The molecule has 0 N–H and O–H groups in total.